The van der Waals surface area contributed by atoms with Crippen molar-refractivity contribution >= 4 is 21.6 Å². The van der Waals surface area contributed by atoms with Crippen molar-refractivity contribution in [3.63, 3.8) is 0 Å². The van der Waals surface area contributed by atoms with Crippen molar-refractivity contribution in [3.8, 4) is 0 Å². The van der Waals surface area contributed by atoms with E-state index in [4.69, 9.17) is 10.5 Å². The minimum atomic E-state index is -0.0775. The maximum absolute atomic E-state index is 6.08. The van der Waals surface area contributed by atoms with Gasteiger partial charge >= 0.3 is 0 Å². The molecule has 1 aliphatic heterocycles. The molecule has 0 aliphatic carbocycles. The van der Waals surface area contributed by atoms with Crippen LogP contribution in [-0.2, 0) is 4.74 Å². The van der Waals surface area contributed by atoms with Crippen molar-refractivity contribution in [2.45, 2.75) is 44.2 Å². The normalized spacial score (nSPS) is 31.2. The van der Waals surface area contributed by atoms with Gasteiger partial charge < -0.3 is 15.8 Å². The van der Waals surface area contributed by atoms with Gasteiger partial charge in [0.05, 0.1) is 11.1 Å². The molecule has 3 N–H and O–H groups in total. The van der Waals surface area contributed by atoms with Gasteiger partial charge in [0.1, 0.15) is 0 Å². The second-order valence-electron chi connectivity index (χ2n) is 5.67. The Hall–Kier alpha value is -0.580. The molecule has 2 unspecified atom stereocenters. The van der Waals surface area contributed by atoms with Gasteiger partial charge in [0.15, 0.2) is 0 Å². The number of rotatable bonds is 4. The Morgan fingerprint density at radius 1 is 1.42 bits per heavy atom. The number of halogens is 1. The second-order valence-corrected chi connectivity index (χ2v) is 6.52. The number of anilines is 1. The van der Waals surface area contributed by atoms with Gasteiger partial charge in [-0.2, -0.15) is 0 Å². The Labute approximate surface area is 124 Å². The third-order valence-electron chi connectivity index (χ3n) is 4.16. The fraction of sp³-hybridized carbons (Fsp3) is 0.600. The summed E-state index contributed by atoms with van der Waals surface area (Å²) in [5.41, 5.74) is 7.03. The van der Waals surface area contributed by atoms with Crippen molar-refractivity contribution in [1.29, 1.82) is 0 Å². The monoisotopic (exact) mass is 326 g/mol. The summed E-state index contributed by atoms with van der Waals surface area (Å²) in [7, 11) is 0. The van der Waals surface area contributed by atoms with Crippen LogP contribution in [0.1, 0.15) is 33.1 Å². The van der Waals surface area contributed by atoms with Crippen LogP contribution in [0.4, 0.5) is 5.69 Å². The van der Waals surface area contributed by atoms with Crippen LogP contribution in [0.5, 0.6) is 0 Å². The van der Waals surface area contributed by atoms with Gasteiger partial charge in [-0.15, -0.1) is 0 Å². The number of nitrogens with one attached hydrogen (secondary N) is 1. The molecule has 1 heterocycles. The van der Waals surface area contributed by atoms with Gasteiger partial charge in [-0.3, -0.25) is 0 Å². The first-order valence-electron chi connectivity index (χ1n) is 6.89. The van der Waals surface area contributed by atoms with Crippen LogP contribution >= 0.6 is 15.9 Å². The van der Waals surface area contributed by atoms with E-state index in [0.717, 1.165) is 36.0 Å². The Morgan fingerprint density at radius 3 is 2.79 bits per heavy atom. The molecule has 3 nitrogen and oxygen atoms in total. The van der Waals surface area contributed by atoms with Gasteiger partial charge in [-0.1, -0.05) is 19.1 Å². The summed E-state index contributed by atoms with van der Waals surface area (Å²) in [4.78, 5) is 0. The number of nitrogens with two attached hydrogens (primary N) is 1. The molecule has 0 amide bonds. The summed E-state index contributed by atoms with van der Waals surface area (Å²) < 4.78 is 7.01. The first-order chi connectivity index (χ1) is 9.02. The lowest BCUT2D eigenvalue weighted by Gasteiger charge is -2.46. The number of ether oxygens (including phenoxy) is 1. The summed E-state index contributed by atoms with van der Waals surface area (Å²) in [6.45, 7) is 5.73. The zero-order chi connectivity index (χ0) is 13.9. The zero-order valence-corrected chi connectivity index (χ0v) is 13.3. The van der Waals surface area contributed by atoms with E-state index in [1.807, 2.05) is 18.2 Å². The van der Waals surface area contributed by atoms with E-state index < -0.39 is 0 Å². The standard InChI is InChI=1S/C15H23BrN2O/c1-3-14(2)10-15(11-17,8-9-19-14)18-13-7-5-4-6-12(13)16/h4-7,18H,3,8-11,17H2,1-2H3. The first kappa shape index (κ1) is 14.8. The fourth-order valence-corrected chi connectivity index (χ4v) is 3.14. The highest BCUT2D eigenvalue weighted by Crippen LogP contribution is 2.37. The minimum Gasteiger partial charge on any atom is -0.377 e. The van der Waals surface area contributed by atoms with Crippen LogP contribution in [0, 0.1) is 0 Å². The molecule has 2 rings (SSSR count). The molecule has 0 spiro atoms. The Kier molecular flexibility index (Phi) is 4.54. The maximum atomic E-state index is 6.08. The van der Waals surface area contributed by atoms with Crippen LogP contribution in [0.3, 0.4) is 0 Å². The molecule has 1 aromatic rings. The second kappa shape index (κ2) is 5.81. The van der Waals surface area contributed by atoms with Gasteiger partial charge in [0.25, 0.3) is 0 Å². The summed E-state index contributed by atoms with van der Waals surface area (Å²) in [5, 5.41) is 3.65. The molecule has 0 saturated carbocycles. The number of hydrogen-bond donors (Lipinski definition) is 2. The molecular weight excluding hydrogens is 304 g/mol. The molecule has 19 heavy (non-hydrogen) atoms. The molecule has 0 bridgehead atoms. The summed E-state index contributed by atoms with van der Waals surface area (Å²) >= 11 is 3.59. The zero-order valence-electron chi connectivity index (χ0n) is 11.7. The lowest BCUT2D eigenvalue weighted by Crippen LogP contribution is -2.55. The van der Waals surface area contributed by atoms with Gasteiger partial charge in [-0.05, 0) is 47.8 Å². The van der Waals surface area contributed by atoms with Crippen molar-refractivity contribution in [2.75, 3.05) is 18.5 Å². The van der Waals surface area contributed by atoms with E-state index in [1.165, 1.54) is 0 Å². The molecule has 1 aromatic carbocycles. The highest BCUT2D eigenvalue weighted by Gasteiger charge is 2.41. The predicted octanol–water partition coefficient (Wildman–Crippen LogP) is 3.54. The van der Waals surface area contributed by atoms with Crippen LogP contribution in [0.25, 0.3) is 0 Å². The average molecular weight is 327 g/mol. The van der Waals surface area contributed by atoms with E-state index in [1.54, 1.807) is 0 Å². The quantitative estimate of drug-likeness (QED) is 0.889. The Balaban J connectivity index is 2.21. The first-order valence-corrected chi connectivity index (χ1v) is 7.69. The van der Waals surface area contributed by atoms with E-state index in [2.05, 4.69) is 41.2 Å². The fourth-order valence-electron chi connectivity index (χ4n) is 2.76. The Bertz CT molecular complexity index is 440. The molecule has 4 heteroatoms. The number of para-hydroxylation sites is 1. The van der Waals surface area contributed by atoms with E-state index >= 15 is 0 Å². The molecule has 1 fully saturated rings. The van der Waals surface area contributed by atoms with E-state index in [-0.39, 0.29) is 11.1 Å². The van der Waals surface area contributed by atoms with Crippen LogP contribution in [0.2, 0.25) is 0 Å². The number of hydrogen-bond acceptors (Lipinski definition) is 3. The van der Waals surface area contributed by atoms with Crippen molar-refractivity contribution in [2.24, 2.45) is 5.73 Å². The predicted molar refractivity (Wildman–Crippen MR) is 83.4 cm³/mol. The number of benzene rings is 1. The van der Waals surface area contributed by atoms with E-state index in [9.17, 15) is 0 Å². The van der Waals surface area contributed by atoms with Crippen molar-refractivity contribution in [1.82, 2.24) is 0 Å². The van der Waals surface area contributed by atoms with Crippen molar-refractivity contribution in [3.05, 3.63) is 28.7 Å². The molecule has 0 radical (unpaired) electrons. The SMILES string of the molecule is CCC1(C)CC(CN)(Nc2ccccc2Br)CCO1. The third kappa shape index (κ3) is 3.30. The highest BCUT2D eigenvalue weighted by molar-refractivity contribution is 9.10. The molecule has 106 valence electrons. The lowest BCUT2D eigenvalue weighted by atomic mass is 9.79. The topological polar surface area (TPSA) is 47.3 Å². The van der Waals surface area contributed by atoms with Crippen LogP contribution < -0.4 is 11.1 Å². The summed E-state index contributed by atoms with van der Waals surface area (Å²) in [6.07, 6.45) is 2.89. The molecule has 1 aliphatic rings. The maximum Gasteiger partial charge on any atom is 0.0674 e. The van der Waals surface area contributed by atoms with E-state index in [0.29, 0.717) is 6.54 Å². The van der Waals surface area contributed by atoms with Gasteiger partial charge in [0.2, 0.25) is 0 Å². The largest absolute Gasteiger partial charge is 0.377 e. The smallest absolute Gasteiger partial charge is 0.0674 e. The lowest BCUT2D eigenvalue weighted by molar-refractivity contribution is -0.0882. The average Bonchev–Trinajstić information content (AvgIpc) is 2.42. The van der Waals surface area contributed by atoms with Crippen LogP contribution in [-0.4, -0.2) is 24.3 Å². The van der Waals surface area contributed by atoms with Gasteiger partial charge in [0, 0.05) is 29.7 Å². The Morgan fingerprint density at radius 2 is 2.16 bits per heavy atom. The molecule has 2 atom stereocenters. The summed E-state index contributed by atoms with van der Waals surface area (Å²) in [5.74, 6) is 0. The highest BCUT2D eigenvalue weighted by atomic mass is 79.9. The van der Waals surface area contributed by atoms with Crippen molar-refractivity contribution < 1.29 is 4.74 Å². The molecule has 1 saturated heterocycles. The molecule has 0 aromatic heterocycles. The molecular formula is C15H23BrN2O. The van der Waals surface area contributed by atoms with Gasteiger partial charge in [-0.25, -0.2) is 0 Å². The van der Waals surface area contributed by atoms with Crippen LogP contribution in [0.15, 0.2) is 28.7 Å². The summed E-state index contributed by atoms with van der Waals surface area (Å²) in [6, 6.07) is 8.19. The third-order valence-corrected chi connectivity index (χ3v) is 4.85. The minimum absolute atomic E-state index is 0.0765.